The average Bonchev–Trinajstić information content (AvgIpc) is 2.96. The highest BCUT2D eigenvalue weighted by molar-refractivity contribution is 6.50. The van der Waals surface area contributed by atoms with Crippen LogP contribution in [-0.2, 0) is 6.42 Å². The van der Waals surface area contributed by atoms with Crippen LogP contribution in [0.15, 0.2) is 47.8 Å². The molecule has 1 aliphatic rings. The van der Waals surface area contributed by atoms with Crippen LogP contribution in [0.2, 0.25) is 0 Å². The lowest BCUT2D eigenvalue weighted by Gasteiger charge is -2.05. The summed E-state index contributed by atoms with van der Waals surface area (Å²) in [5.74, 6) is 0.309. The van der Waals surface area contributed by atoms with Crippen molar-refractivity contribution in [2.24, 2.45) is 5.16 Å². The quantitative estimate of drug-likeness (QED) is 0.400. The van der Waals surface area contributed by atoms with E-state index in [2.05, 4.69) is 10.1 Å². The normalized spacial score (nSPS) is 13.7. The van der Waals surface area contributed by atoms with Gasteiger partial charge in [-0.3, -0.25) is 9.78 Å². The number of hydrogen-bond donors (Lipinski definition) is 1. The van der Waals surface area contributed by atoms with E-state index in [0.717, 1.165) is 17.7 Å². The maximum atomic E-state index is 12.3. The van der Waals surface area contributed by atoms with Gasteiger partial charge in [-0.1, -0.05) is 23.4 Å². The standard InChI is InChI=1S/C15H12N2O3/c18-15(12-3-1-2-7-16-12)14(17-19)11-5-4-10-6-8-20-13(10)9-11/h1-5,7,9,19H,6,8H2. The van der Waals surface area contributed by atoms with Crippen molar-refractivity contribution < 1.29 is 14.7 Å². The third-order valence-electron chi connectivity index (χ3n) is 3.18. The average molecular weight is 268 g/mol. The molecule has 3 rings (SSSR count). The lowest BCUT2D eigenvalue weighted by molar-refractivity contribution is 0.105. The second-order valence-electron chi connectivity index (χ2n) is 4.41. The molecule has 1 aromatic heterocycles. The number of fused-ring (bicyclic) bond motifs is 1. The molecule has 0 spiro atoms. The fraction of sp³-hybridized carbons (Fsp3) is 0.133. The van der Waals surface area contributed by atoms with Gasteiger partial charge < -0.3 is 9.94 Å². The summed E-state index contributed by atoms with van der Waals surface area (Å²) in [5, 5.41) is 12.3. The van der Waals surface area contributed by atoms with Crippen LogP contribution in [0.1, 0.15) is 21.6 Å². The first-order valence-corrected chi connectivity index (χ1v) is 6.23. The zero-order valence-electron chi connectivity index (χ0n) is 10.6. The van der Waals surface area contributed by atoms with Crippen molar-refractivity contribution in [3.63, 3.8) is 0 Å². The molecule has 1 N–H and O–H groups in total. The number of benzene rings is 1. The van der Waals surface area contributed by atoms with Crippen molar-refractivity contribution in [3.8, 4) is 5.75 Å². The summed E-state index contributed by atoms with van der Waals surface area (Å²) in [7, 11) is 0. The van der Waals surface area contributed by atoms with E-state index in [1.54, 1.807) is 30.3 Å². The van der Waals surface area contributed by atoms with Crippen molar-refractivity contribution in [1.29, 1.82) is 0 Å². The predicted molar refractivity (Wildman–Crippen MR) is 72.5 cm³/mol. The summed E-state index contributed by atoms with van der Waals surface area (Å²) in [4.78, 5) is 16.3. The maximum Gasteiger partial charge on any atom is 0.233 e. The van der Waals surface area contributed by atoms with E-state index >= 15 is 0 Å². The van der Waals surface area contributed by atoms with E-state index in [9.17, 15) is 4.79 Å². The molecule has 2 heterocycles. The predicted octanol–water partition coefficient (Wildman–Crippen LogP) is 2.08. The SMILES string of the molecule is O=C(C(=NO)c1ccc2c(c1)OCC2)c1ccccn1. The molecule has 1 aromatic carbocycles. The van der Waals surface area contributed by atoms with Crippen molar-refractivity contribution in [1.82, 2.24) is 4.98 Å². The zero-order chi connectivity index (χ0) is 13.9. The van der Waals surface area contributed by atoms with Crippen LogP contribution in [0.25, 0.3) is 0 Å². The highest BCUT2D eigenvalue weighted by Gasteiger charge is 2.21. The fourth-order valence-corrected chi connectivity index (χ4v) is 2.17. The van der Waals surface area contributed by atoms with Crippen LogP contribution in [0.4, 0.5) is 0 Å². The van der Waals surface area contributed by atoms with Gasteiger partial charge >= 0.3 is 0 Å². The first kappa shape index (κ1) is 12.3. The van der Waals surface area contributed by atoms with Crippen LogP contribution in [0.5, 0.6) is 5.75 Å². The molecule has 0 amide bonds. The molecule has 0 fully saturated rings. The van der Waals surface area contributed by atoms with Crippen LogP contribution < -0.4 is 4.74 Å². The monoisotopic (exact) mass is 268 g/mol. The van der Waals surface area contributed by atoms with E-state index in [4.69, 9.17) is 9.94 Å². The molecule has 0 radical (unpaired) electrons. The van der Waals surface area contributed by atoms with Gasteiger partial charge in [-0.05, 0) is 23.8 Å². The van der Waals surface area contributed by atoms with E-state index in [-0.39, 0.29) is 11.4 Å². The number of pyridine rings is 1. The molecule has 0 unspecified atom stereocenters. The van der Waals surface area contributed by atoms with Crippen molar-refractivity contribution in [3.05, 3.63) is 59.4 Å². The number of ketones is 1. The molecule has 1 aliphatic heterocycles. The smallest absolute Gasteiger partial charge is 0.233 e. The Morgan fingerprint density at radius 1 is 1.30 bits per heavy atom. The number of rotatable bonds is 3. The van der Waals surface area contributed by atoms with Gasteiger partial charge in [-0.2, -0.15) is 0 Å². The molecule has 0 saturated carbocycles. The molecule has 20 heavy (non-hydrogen) atoms. The Balaban J connectivity index is 1.97. The Kier molecular flexibility index (Phi) is 3.16. The minimum Gasteiger partial charge on any atom is -0.493 e. The third-order valence-corrected chi connectivity index (χ3v) is 3.18. The highest BCUT2D eigenvalue weighted by atomic mass is 16.5. The minimum atomic E-state index is -0.425. The fourth-order valence-electron chi connectivity index (χ4n) is 2.17. The number of hydrogen-bond acceptors (Lipinski definition) is 5. The number of nitrogens with zero attached hydrogens (tertiary/aromatic N) is 2. The van der Waals surface area contributed by atoms with Gasteiger partial charge in [-0.25, -0.2) is 0 Å². The van der Waals surface area contributed by atoms with Gasteiger partial charge in [0, 0.05) is 18.2 Å². The molecule has 100 valence electrons. The summed E-state index contributed by atoms with van der Waals surface area (Å²) in [6.45, 7) is 0.637. The van der Waals surface area contributed by atoms with Gasteiger partial charge in [0.1, 0.15) is 11.4 Å². The van der Waals surface area contributed by atoms with E-state index in [0.29, 0.717) is 12.2 Å². The third kappa shape index (κ3) is 2.14. The Morgan fingerprint density at radius 2 is 2.20 bits per heavy atom. The lowest BCUT2D eigenvalue weighted by Crippen LogP contribution is -2.17. The van der Waals surface area contributed by atoms with Gasteiger partial charge in [0.25, 0.3) is 0 Å². The van der Waals surface area contributed by atoms with E-state index in [1.165, 1.54) is 6.20 Å². The second-order valence-corrected chi connectivity index (χ2v) is 4.41. The Labute approximate surface area is 115 Å². The van der Waals surface area contributed by atoms with Crippen LogP contribution in [-0.4, -0.2) is 28.3 Å². The summed E-state index contributed by atoms with van der Waals surface area (Å²) < 4.78 is 5.46. The number of carbonyl (C=O) groups excluding carboxylic acids is 1. The number of oxime groups is 1. The van der Waals surface area contributed by atoms with Gasteiger partial charge in [-0.15, -0.1) is 0 Å². The molecule has 5 nitrogen and oxygen atoms in total. The number of carbonyl (C=O) groups is 1. The maximum absolute atomic E-state index is 12.3. The Bertz CT molecular complexity index is 681. The summed E-state index contributed by atoms with van der Waals surface area (Å²) >= 11 is 0. The van der Waals surface area contributed by atoms with Crippen LogP contribution in [0.3, 0.4) is 0 Å². The molecule has 2 aromatic rings. The molecular weight excluding hydrogens is 256 g/mol. The van der Waals surface area contributed by atoms with Gasteiger partial charge in [0.05, 0.1) is 6.61 Å². The summed E-state index contributed by atoms with van der Waals surface area (Å²) in [6.07, 6.45) is 2.38. The molecule has 0 atom stereocenters. The zero-order valence-corrected chi connectivity index (χ0v) is 10.6. The number of ether oxygens (including phenoxy) is 1. The van der Waals surface area contributed by atoms with Gasteiger partial charge in [0.2, 0.25) is 5.78 Å². The molecule has 0 saturated heterocycles. The van der Waals surface area contributed by atoms with Crippen molar-refractivity contribution in [2.75, 3.05) is 6.61 Å². The summed E-state index contributed by atoms with van der Waals surface area (Å²) in [5.41, 5.74) is 1.81. The molecule has 0 bridgehead atoms. The Hall–Kier alpha value is -2.69. The topological polar surface area (TPSA) is 71.8 Å². The molecule has 5 heteroatoms. The summed E-state index contributed by atoms with van der Waals surface area (Å²) in [6, 6.07) is 10.4. The largest absolute Gasteiger partial charge is 0.493 e. The lowest BCUT2D eigenvalue weighted by atomic mass is 10.0. The first-order chi connectivity index (χ1) is 9.79. The molecule has 0 aliphatic carbocycles. The molecular formula is C15H12N2O3. The van der Waals surface area contributed by atoms with Crippen molar-refractivity contribution >= 4 is 11.5 Å². The van der Waals surface area contributed by atoms with Crippen LogP contribution in [0, 0.1) is 0 Å². The number of aromatic nitrogens is 1. The second kappa shape index (κ2) is 5.13. The number of Topliss-reactive ketones (excluding diaryl/α,β-unsaturated/α-hetero) is 1. The van der Waals surface area contributed by atoms with E-state index < -0.39 is 5.78 Å². The van der Waals surface area contributed by atoms with Gasteiger partial charge in [0.15, 0.2) is 5.71 Å². The highest BCUT2D eigenvalue weighted by Crippen LogP contribution is 2.26. The first-order valence-electron chi connectivity index (χ1n) is 6.23. The minimum absolute atomic E-state index is 0.0398. The van der Waals surface area contributed by atoms with Crippen LogP contribution >= 0.6 is 0 Å². The van der Waals surface area contributed by atoms with Crippen molar-refractivity contribution in [2.45, 2.75) is 6.42 Å². The van der Waals surface area contributed by atoms with E-state index in [1.807, 2.05) is 6.07 Å². The Morgan fingerprint density at radius 3 is 2.95 bits per heavy atom.